The number of nitrogens with one attached hydrogen (secondary N) is 1. The molecule has 0 spiro atoms. The molecule has 1 aromatic heterocycles. The van der Waals surface area contributed by atoms with Crippen LogP contribution in [0.1, 0.15) is 37.0 Å². The fourth-order valence-electron chi connectivity index (χ4n) is 2.91. The van der Waals surface area contributed by atoms with Crippen LogP contribution >= 0.6 is 11.8 Å². The van der Waals surface area contributed by atoms with Gasteiger partial charge in [-0.15, -0.1) is 10.2 Å². The molecular formula is C22H24N4O3S. The van der Waals surface area contributed by atoms with Gasteiger partial charge in [0.05, 0.1) is 18.0 Å². The molecule has 0 bridgehead atoms. The number of thioether (sulfide) groups is 1. The zero-order valence-electron chi connectivity index (χ0n) is 17.2. The highest BCUT2D eigenvalue weighted by atomic mass is 32.2. The van der Waals surface area contributed by atoms with Crippen LogP contribution in [0.25, 0.3) is 5.69 Å². The number of nitrogens with zero attached hydrogens (tertiary/aromatic N) is 3. The number of aromatic nitrogens is 3. The first-order chi connectivity index (χ1) is 14.5. The number of rotatable bonds is 9. The summed E-state index contributed by atoms with van der Waals surface area (Å²) in [4.78, 5) is 24.6. The van der Waals surface area contributed by atoms with E-state index in [4.69, 9.17) is 4.74 Å². The maximum absolute atomic E-state index is 12.9. The summed E-state index contributed by atoms with van der Waals surface area (Å²) in [6, 6.07) is 14.5. The van der Waals surface area contributed by atoms with Crippen LogP contribution in [-0.4, -0.2) is 38.8 Å². The zero-order chi connectivity index (χ0) is 21.5. The molecule has 1 heterocycles. The highest BCUT2D eigenvalue weighted by Crippen LogP contribution is 2.30. The molecule has 0 radical (unpaired) electrons. The molecule has 0 saturated carbocycles. The molecule has 0 saturated heterocycles. The molecule has 0 fully saturated rings. The molecule has 1 N–H and O–H groups in total. The summed E-state index contributed by atoms with van der Waals surface area (Å²) in [6.45, 7) is 3.79. The monoisotopic (exact) mass is 424 g/mol. The van der Waals surface area contributed by atoms with Crippen molar-refractivity contribution in [1.29, 1.82) is 0 Å². The molecule has 8 heteroatoms. The van der Waals surface area contributed by atoms with E-state index in [0.29, 0.717) is 28.6 Å². The number of anilines is 1. The van der Waals surface area contributed by atoms with Crippen LogP contribution in [-0.2, 0) is 4.79 Å². The molecule has 1 unspecified atom stereocenters. The van der Waals surface area contributed by atoms with Gasteiger partial charge in [-0.25, -0.2) is 0 Å². The van der Waals surface area contributed by atoms with Crippen molar-refractivity contribution in [2.75, 3.05) is 12.4 Å². The molecule has 0 aliphatic heterocycles. The van der Waals surface area contributed by atoms with Crippen molar-refractivity contribution in [2.24, 2.45) is 0 Å². The summed E-state index contributed by atoms with van der Waals surface area (Å²) >= 11 is 1.33. The molecule has 1 amide bonds. The second kappa shape index (κ2) is 10.1. The van der Waals surface area contributed by atoms with Gasteiger partial charge in [-0.1, -0.05) is 30.8 Å². The number of para-hydroxylation sites is 2. The predicted octanol–water partition coefficient (Wildman–Crippen LogP) is 4.38. The molecule has 0 aliphatic rings. The Morgan fingerprint density at radius 2 is 1.90 bits per heavy atom. The van der Waals surface area contributed by atoms with E-state index in [1.54, 1.807) is 42.3 Å². The van der Waals surface area contributed by atoms with E-state index in [2.05, 4.69) is 15.5 Å². The predicted molar refractivity (Wildman–Crippen MR) is 118 cm³/mol. The van der Waals surface area contributed by atoms with Gasteiger partial charge in [0.2, 0.25) is 5.91 Å². The van der Waals surface area contributed by atoms with Gasteiger partial charge in [-0.3, -0.25) is 14.2 Å². The molecule has 3 aromatic rings. The fraction of sp³-hybridized carbons (Fsp3) is 0.273. The summed E-state index contributed by atoms with van der Waals surface area (Å²) in [5, 5.41) is 11.2. The van der Waals surface area contributed by atoms with Crippen LogP contribution in [0.15, 0.2) is 60.0 Å². The Balaban J connectivity index is 1.71. The Kier molecular flexibility index (Phi) is 7.24. The average molecular weight is 425 g/mol. The third-order valence-corrected chi connectivity index (χ3v) is 5.50. The molecule has 0 aliphatic carbocycles. The topological polar surface area (TPSA) is 86.1 Å². The van der Waals surface area contributed by atoms with Gasteiger partial charge in [0.15, 0.2) is 10.9 Å². The largest absolute Gasteiger partial charge is 0.495 e. The summed E-state index contributed by atoms with van der Waals surface area (Å²) in [6.07, 6.45) is 2.86. The Labute approximate surface area is 179 Å². The van der Waals surface area contributed by atoms with Crippen molar-refractivity contribution in [2.45, 2.75) is 37.1 Å². The van der Waals surface area contributed by atoms with Crippen molar-refractivity contribution < 1.29 is 14.3 Å². The van der Waals surface area contributed by atoms with Gasteiger partial charge in [-0.2, -0.15) is 0 Å². The fourth-order valence-corrected chi connectivity index (χ4v) is 3.83. The first-order valence-corrected chi connectivity index (χ1v) is 10.6. The van der Waals surface area contributed by atoms with Crippen LogP contribution < -0.4 is 10.1 Å². The molecule has 2 aromatic carbocycles. The third kappa shape index (κ3) is 5.07. The molecule has 3 rings (SSSR count). The van der Waals surface area contributed by atoms with Gasteiger partial charge in [-0.05, 0) is 49.7 Å². The van der Waals surface area contributed by atoms with E-state index in [1.165, 1.54) is 11.8 Å². The lowest BCUT2D eigenvalue weighted by molar-refractivity contribution is -0.116. The summed E-state index contributed by atoms with van der Waals surface area (Å²) in [5.74, 6) is 0.635. The Bertz CT molecular complexity index is 1020. The van der Waals surface area contributed by atoms with Gasteiger partial charge in [0.25, 0.3) is 0 Å². The second-order valence-corrected chi connectivity index (χ2v) is 7.96. The average Bonchev–Trinajstić information content (AvgIpc) is 3.21. The van der Waals surface area contributed by atoms with Gasteiger partial charge < -0.3 is 10.1 Å². The molecular weight excluding hydrogens is 400 g/mol. The summed E-state index contributed by atoms with van der Waals surface area (Å²) in [7, 11) is 1.61. The number of hydrogen-bond acceptors (Lipinski definition) is 6. The van der Waals surface area contributed by atoms with Crippen LogP contribution in [0.4, 0.5) is 5.69 Å². The lowest BCUT2D eigenvalue weighted by Crippen LogP contribution is -2.15. The van der Waals surface area contributed by atoms with E-state index in [9.17, 15) is 9.59 Å². The number of carbonyl (C=O) groups excluding carboxylic acids is 2. The van der Waals surface area contributed by atoms with E-state index in [1.807, 2.05) is 38.1 Å². The van der Waals surface area contributed by atoms with Crippen molar-refractivity contribution in [3.63, 3.8) is 0 Å². The number of benzene rings is 2. The Morgan fingerprint density at radius 1 is 1.17 bits per heavy atom. The number of ketones is 1. The number of Topliss-reactive ketones (excluding diaryl/α,β-unsaturated/α-hetero) is 1. The first kappa shape index (κ1) is 21.6. The third-order valence-electron chi connectivity index (χ3n) is 4.44. The number of methoxy groups -OCH3 is 1. The smallest absolute Gasteiger partial charge is 0.224 e. The number of hydrogen-bond donors (Lipinski definition) is 1. The molecule has 156 valence electrons. The highest BCUT2D eigenvalue weighted by Gasteiger charge is 2.21. The van der Waals surface area contributed by atoms with E-state index >= 15 is 0 Å². The van der Waals surface area contributed by atoms with Crippen LogP contribution in [0.2, 0.25) is 0 Å². The normalized spacial score (nSPS) is 11.7. The zero-order valence-corrected chi connectivity index (χ0v) is 18.0. The Hall–Kier alpha value is -3.13. The van der Waals surface area contributed by atoms with Gasteiger partial charge >= 0.3 is 0 Å². The Morgan fingerprint density at radius 3 is 2.60 bits per heavy atom. The van der Waals surface area contributed by atoms with Gasteiger partial charge in [0, 0.05) is 17.7 Å². The second-order valence-electron chi connectivity index (χ2n) is 6.66. The first-order valence-electron chi connectivity index (χ1n) is 9.67. The minimum absolute atomic E-state index is 0.0268. The van der Waals surface area contributed by atoms with Crippen molar-refractivity contribution in [1.82, 2.24) is 14.8 Å². The van der Waals surface area contributed by atoms with Gasteiger partial charge in [0.1, 0.15) is 12.1 Å². The number of carbonyl (C=O) groups is 2. The van der Waals surface area contributed by atoms with E-state index in [-0.39, 0.29) is 16.9 Å². The molecule has 30 heavy (non-hydrogen) atoms. The maximum atomic E-state index is 12.9. The van der Waals surface area contributed by atoms with Crippen molar-refractivity contribution in [3.8, 4) is 11.4 Å². The molecule has 7 nitrogen and oxygen atoms in total. The lowest BCUT2D eigenvalue weighted by atomic mass is 10.1. The maximum Gasteiger partial charge on any atom is 0.224 e. The summed E-state index contributed by atoms with van der Waals surface area (Å²) < 4.78 is 7.22. The lowest BCUT2D eigenvalue weighted by Gasteiger charge is -2.13. The number of amides is 1. The minimum Gasteiger partial charge on any atom is -0.495 e. The summed E-state index contributed by atoms with van der Waals surface area (Å²) in [5.41, 5.74) is 2.06. The van der Waals surface area contributed by atoms with Crippen LogP contribution in [0.5, 0.6) is 5.75 Å². The SMILES string of the molecule is CCCC(=O)Nc1ccc(C(=O)C(C)Sc2nncn2-c2ccccc2OC)cc1. The minimum atomic E-state index is -0.372. The van der Waals surface area contributed by atoms with Crippen LogP contribution in [0, 0.1) is 0 Å². The highest BCUT2D eigenvalue weighted by molar-refractivity contribution is 8.00. The number of ether oxygens (including phenoxy) is 1. The standard InChI is InChI=1S/C22H24N4O3S/c1-4-7-20(27)24-17-12-10-16(11-13-17)21(28)15(2)30-22-25-23-14-26(22)18-8-5-6-9-19(18)29-3/h5-6,8-15H,4,7H2,1-3H3,(H,24,27). The molecule has 1 atom stereocenters. The van der Waals surface area contributed by atoms with E-state index < -0.39 is 0 Å². The van der Waals surface area contributed by atoms with Crippen LogP contribution in [0.3, 0.4) is 0 Å². The van der Waals surface area contributed by atoms with Crippen molar-refractivity contribution >= 4 is 29.1 Å². The van der Waals surface area contributed by atoms with E-state index in [0.717, 1.165) is 12.1 Å². The quantitative estimate of drug-likeness (QED) is 0.405. The van der Waals surface area contributed by atoms with Crippen molar-refractivity contribution in [3.05, 3.63) is 60.4 Å².